The topological polar surface area (TPSA) is 44.8 Å². The van der Waals surface area contributed by atoms with Crippen LogP contribution in [-0.2, 0) is 16.0 Å². The van der Waals surface area contributed by atoms with Gasteiger partial charge in [-0.3, -0.25) is 4.79 Å². The molecule has 0 radical (unpaired) electrons. The first kappa shape index (κ1) is 11.8. The Morgan fingerprint density at radius 2 is 2.06 bits per heavy atom. The molecule has 4 heteroatoms. The summed E-state index contributed by atoms with van der Waals surface area (Å²) in [7, 11) is 3.21. The first-order chi connectivity index (χ1) is 8.24. The Kier molecular flexibility index (Phi) is 3.52. The molecule has 0 aliphatic carbocycles. The number of rotatable bonds is 4. The molecule has 1 aliphatic rings. The number of carbonyl (C=O) groups is 1. The van der Waals surface area contributed by atoms with Gasteiger partial charge in [-0.1, -0.05) is 6.07 Å². The number of esters is 1. The smallest absolute Gasteiger partial charge is 0.309 e. The van der Waals surface area contributed by atoms with Crippen molar-refractivity contribution in [2.24, 2.45) is 5.92 Å². The van der Waals surface area contributed by atoms with Crippen LogP contribution in [0, 0.1) is 5.92 Å². The van der Waals surface area contributed by atoms with E-state index in [1.807, 2.05) is 18.2 Å². The van der Waals surface area contributed by atoms with Gasteiger partial charge in [0.25, 0.3) is 0 Å². The minimum Gasteiger partial charge on any atom is -0.493 e. The predicted molar refractivity (Wildman–Crippen MR) is 62.3 cm³/mol. The molecule has 17 heavy (non-hydrogen) atoms. The van der Waals surface area contributed by atoms with E-state index in [4.69, 9.17) is 14.2 Å². The highest BCUT2D eigenvalue weighted by molar-refractivity contribution is 5.74. The lowest BCUT2D eigenvalue weighted by molar-refractivity contribution is -0.141. The quantitative estimate of drug-likeness (QED) is 0.748. The molecule has 1 aromatic carbocycles. The molecule has 0 amide bonds. The SMILES string of the molecule is COc1ccc(C[C@@H]2CCOC2=O)cc1OC. The molecule has 1 saturated heterocycles. The summed E-state index contributed by atoms with van der Waals surface area (Å²) in [5, 5.41) is 0. The summed E-state index contributed by atoms with van der Waals surface area (Å²) in [5.74, 6) is 1.27. The predicted octanol–water partition coefficient (Wildman–Crippen LogP) is 1.81. The molecule has 1 heterocycles. The molecule has 0 N–H and O–H groups in total. The Hall–Kier alpha value is -1.71. The van der Waals surface area contributed by atoms with Gasteiger partial charge in [-0.25, -0.2) is 0 Å². The largest absolute Gasteiger partial charge is 0.493 e. The summed E-state index contributed by atoms with van der Waals surface area (Å²) >= 11 is 0. The van der Waals surface area contributed by atoms with Gasteiger partial charge in [0.05, 0.1) is 26.7 Å². The molecule has 0 bridgehead atoms. The molecule has 0 saturated carbocycles. The second-order valence-electron chi connectivity index (χ2n) is 4.05. The molecule has 0 aromatic heterocycles. The van der Waals surface area contributed by atoms with E-state index < -0.39 is 0 Å². The third kappa shape index (κ3) is 2.52. The number of carbonyl (C=O) groups excluding carboxylic acids is 1. The number of ether oxygens (including phenoxy) is 3. The second-order valence-corrected chi connectivity index (χ2v) is 4.05. The minimum absolute atomic E-state index is 0.0203. The lowest BCUT2D eigenvalue weighted by Gasteiger charge is -2.10. The lowest BCUT2D eigenvalue weighted by Crippen LogP contribution is -2.10. The molecular weight excluding hydrogens is 220 g/mol. The van der Waals surface area contributed by atoms with Crippen molar-refractivity contribution in [1.82, 2.24) is 0 Å². The van der Waals surface area contributed by atoms with Crippen molar-refractivity contribution in [3.63, 3.8) is 0 Å². The van der Waals surface area contributed by atoms with Crippen LogP contribution in [0.1, 0.15) is 12.0 Å². The fourth-order valence-corrected chi connectivity index (χ4v) is 2.01. The van der Waals surface area contributed by atoms with Crippen LogP contribution in [0.5, 0.6) is 11.5 Å². The summed E-state index contributed by atoms with van der Waals surface area (Å²) < 4.78 is 15.3. The summed E-state index contributed by atoms with van der Waals surface area (Å²) in [5.41, 5.74) is 1.06. The third-order valence-electron chi connectivity index (χ3n) is 2.97. The van der Waals surface area contributed by atoms with Gasteiger partial charge >= 0.3 is 5.97 Å². The molecule has 0 spiro atoms. The fourth-order valence-electron chi connectivity index (χ4n) is 2.01. The highest BCUT2D eigenvalue weighted by atomic mass is 16.5. The Morgan fingerprint density at radius 1 is 1.29 bits per heavy atom. The Balaban J connectivity index is 2.13. The molecule has 1 aliphatic heterocycles. The van der Waals surface area contributed by atoms with Crippen LogP contribution in [0.25, 0.3) is 0 Å². The third-order valence-corrected chi connectivity index (χ3v) is 2.97. The highest BCUT2D eigenvalue weighted by Gasteiger charge is 2.26. The van der Waals surface area contributed by atoms with Crippen molar-refractivity contribution in [3.8, 4) is 11.5 Å². The van der Waals surface area contributed by atoms with Gasteiger partial charge in [0.15, 0.2) is 11.5 Å². The first-order valence-electron chi connectivity index (χ1n) is 5.62. The van der Waals surface area contributed by atoms with Crippen LogP contribution in [0.2, 0.25) is 0 Å². The Morgan fingerprint density at radius 3 is 2.65 bits per heavy atom. The van der Waals surface area contributed by atoms with Crippen molar-refractivity contribution in [1.29, 1.82) is 0 Å². The van der Waals surface area contributed by atoms with Gasteiger partial charge in [-0.2, -0.15) is 0 Å². The molecule has 1 fully saturated rings. The van der Waals surface area contributed by atoms with Crippen molar-refractivity contribution in [2.45, 2.75) is 12.8 Å². The summed E-state index contributed by atoms with van der Waals surface area (Å²) in [6, 6.07) is 5.71. The van der Waals surface area contributed by atoms with Crippen LogP contribution < -0.4 is 9.47 Å². The van der Waals surface area contributed by atoms with Gasteiger partial charge < -0.3 is 14.2 Å². The number of methoxy groups -OCH3 is 2. The minimum atomic E-state index is -0.0974. The first-order valence-corrected chi connectivity index (χ1v) is 5.62. The molecule has 92 valence electrons. The zero-order valence-corrected chi connectivity index (χ0v) is 10.1. The monoisotopic (exact) mass is 236 g/mol. The summed E-state index contributed by atoms with van der Waals surface area (Å²) in [4.78, 5) is 11.4. The van der Waals surface area contributed by atoms with E-state index in [0.29, 0.717) is 24.5 Å². The average Bonchev–Trinajstić information content (AvgIpc) is 2.75. The van der Waals surface area contributed by atoms with Crippen molar-refractivity contribution >= 4 is 5.97 Å². The standard InChI is InChI=1S/C13H16O4/c1-15-11-4-3-9(8-12(11)16-2)7-10-5-6-17-13(10)14/h3-4,8,10H,5-7H2,1-2H3/t10-/m0/s1. The maximum absolute atomic E-state index is 11.4. The van der Waals surface area contributed by atoms with E-state index in [1.165, 1.54) is 0 Å². The highest BCUT2D eigenvalue weighted by Crippen LogP contribution is 2.29. The average molecular weight is 236 g/mol. The molecule has 1 atom stereocenters. The zero-order valence-electron chi connectivity index (χ0n) is 10.1. The van der Waals surface area contributed by atoms with Gasteiger partial charge in [-0.05, 0) is 30.5 Å². The maximum atomic E-state index is 11.4. The maximum Gasteiger partial charge on any atom is 0.309 e. The molecule has 2 rings (SSSR count). The Labute approximate surface area is 100 Å². The van der Waals surface area contributed by atoms with Gasteiger partial charge in [-0.15, -0.1) is 0 Å². The van der Waals surface area contributed by atoms with Crippen LogP contribution in [-0.4, -0.2) is 26.8 Å². The van der Waals surface area contributed by atoms with Crippen molar-refractivity contribution in [3.05, 3.63) is 23.8 Å². The molecule has 1 aromatic rings. The molecular formula is C13H16O4. The van der Waals surface area contributed by atoms with Crippen LogP contribution in [0.3, 0.4) is 0 Å². The number of cyclic esters (lactones) is 1. The van der Waals surface area contributed by atoms with Crippen LogP contribution in [0.4, 0.5) is 0 Å². The van der Waals surface area contributed by atoms with E-state index in [0.717, 1.165) is 12.0 Å². The number of hydrogen-bond donors (Lipinski definition) is 0. The normalized spacial score (nSPS) is 18.9. The van der Waals surface area contributed by atoms with E-state index in [-0.39, 0.29) is 11.9 Å². The van der Waals surface area contributed by atoms with E-state index in [1.54, 1.807) is 14.2 Å². The van der Waals surface area contributed by atoms with Crippen molar-refractivity contribution < 1.29 is 19.0 Å². The molecule has 0 unspecified atom stereocenters. The second kappa shape index (κ2) is 5.08. The fraction of sp³-hybridized carbons (Fsp3) is 0.462. The van der Waals surface area contributed by atoms with E-state index in [9.17, 15) is 4.79 Å². The number of hydrogen-bond acceptors (Lipinski definition) is 4. The Bertz CT molecular complexity index is 414. The van der Waals surface area contributed by atoms with Gasteiger partial charge in [0.1, 0.15) is 0 Å². The zero-order chi connectivity index (χ0) is 12.3. The summed E-state index contributed by atoms with van der Waals surface area (Å²) in [6.07, 6.45) is 1.49. The van der Waals surface area contributed by atoms with Crippen molar-refractivity contribution in [2.75, 3.05) is 20.8 Å². The lowest BCUT2D eigenvalue weighted by atomic mass is 9.98. The summed E-state index contributed by atoms with van der Waals surface area (Å²) in [6.45, 7) is 0.538. The van der Waals surface area contributed by atoms with Gasteiger partial charge in [0, 0.05) is 0 Å². The van der Waals surface area contributed by atoms with Crippen LogP contribution >= 0.6 is 0 Å². The molecule has 4 nitrogen and oxygen atoms in total. The van der Waals surface area contributed by atoms with E-state index >= 15 is 0 Å². The van der Waals surface area contributed by atoms with E-state index in [2.05, 4.69) is 0 Å². The van der Waals surface area contributed by atoms with Gasteiger partial charge in [0.2, 0.25) is 0 Å². The number of benzene rings is 1. The van der Waals surface area contributed by atoms with Crippen LogP contribution in [0.15, 0.2) is 18.2 Å².